The van der Waals surface area contributed by atoms with Crippen LogP contribution in [0.1, 0.15) is 20.7 Å². The fourth-order valence-electron chi connectivity index (χ4n) is 5.17. The summed E-state index contributed by atoms with van der Waals surface area (Å²) in [5.41, 5.74) is 0.672. The Labute approximate surface area is 256 Å². The van der Waals surface area contributed by atoms with Gasteiger partial charge in [-0.1, -0.05) is 0 Å². The van der Waals surface area contributed by atoms with Crippen LogP contribution in [0, 0.1) is 0 Å². The Morgan fingerprint density at radius 3 is 1.58 bits per heavy atom. The standard InChI is InChI=1S/C16H18N2O5.C15H15NO6/c1-17-16(20)12-8-14(19)18(9-15-22-5-6-23-15)13-7-10(21-2)3-4-11(12)13;1-20-9-2-3-10-11(15(18)19)7-13(17)16(12(10)6-9)8-14-21-4-5-22-14/h3-4,7-8,15H,5-6,9H2,1-2H3,(H,17,20);2-3,6-7,14H,4-5,8H2,1H3,(H,18,19). The number of carbonyl (C=O) groups is 2. The molecule has 0 saturated carbocycles. The van der Waals surface area contributed by atoms with E-state index in [9.17, 15) is 24.3 Å². The summed E-state index contributed by atoms with van der Waals surface area (Å²) in [6.45, 7) is 2.44. The van der Waals surface area contributed by atoms with Gasteiger partial charge in [0.05, 0.1) is 75.9 Å². The number of carboxylic acids is 1. The fourth-order valence-corrected chi connectivity index (χ4v) is 5.17. The molecule has 6 rings (SSSR count). The molecular weight excluding hydrogens is 590 g/mol. The highest BCUT2D eigenvalue weighted by Crippen LogP contribution is 2.25. The molecule has 2 aliphatic heterocycles. The largest absolute Gasteiger partial charge is 0.497 e. The molecule has 0 atom stereocenters. The van der Waals surface area contributed by atoms with Crippen LogP contribution in [0.4, 0.5) is 0 Å². The van der Waals surface area contributed by atoms with E-state index in [1.54, 1.807) is 48.1 Å². The molecule has 14 nitrogen and oxygen atoms in total. The van der Waals surface area contributed by atoms with Crippen LogP contribution in [-0.2, 0) is 32.0 Å². The lowest BCUT2D eigenvalue weighted by Crippen LogP contribution is -2.29. The number of nitrogens with zero attached hydrogens (tertiary/aromatic N) is 2. The van der Waals surface area contributed by atoms with Crippen LogP contribution in [0.5, 0.6) is 11.5 Å². The molecular formula is C31H33N3O11. The molecule has 0 unspecified atom stereocenters. The minimum absolute atomic E-state index is 0.0350. The zero-order valence-corrected chi connectivity index (χ0v) is 24.9. The van der Waals surface area contributed by atoms with Gasteiger partial charge in [-0.3, -0.25) is 14.4 Å². The third kappa shape index (κ3) is 6.83. The van der Waals surface area contributed by atoms with Crippen molar-refractivity contribution in [3.05, 3.63) is 80.4 Å². The summed E-state index contributed by atoms with van der Waals surface area (Å²) in [6, 6.07) is 12.6. The van der Waals surface area contributed by atoms with Crippen LogP contribution in [0.25, 0.3) is 21.8 Å². The number of hydrogen-bond donors (Lipinski definition) is 2. The van der Waals surface area contributed by atoms with E-state index < -0.39 is 24.1 Å². The molecule has 0 radical (unpaired) electrons. The van der Waals surface area contributed by atoms with Gasteiger partial charge in [-0.15, -0.1) is 0 Å². The monoisotopic (exact) mass is 623 g/mol. The molecule has 4 heterocycles. The smallest absolute Gasteiger partial charge is 0.336 e. The Morgan fingerprint density at radius 2 is 1.18 bits per heavy atom. The molecule has 45 heavy (non-hydrogen) atoms. The molecule has 2 aromatic carbocycles. The number of rotatable bonds is 8. The predicted molar refractivity (Wildman–Crippen MR) is 161 cm³/mol. The molecule has 2 aromatic heterocycles. The molecule has 0 spiro atoms. The summed E-state index contributed by atoms with van der Waals surface area (Å²) in [6.07, 6.45) is -0.976. The molecule has 0 bridgehead atoms. The third-order valence-corrected chi connectivity index (χ3v) is 7.39. The van der Waals surface area contributed by atoms with E-state index in [4.69, 9.17) is 28.4 Å². The van der Waals surface area contributed by atoms with E-state index in [2.05, 4.69) is 5.32 Å². The average molecular weight is 624 g/mol. The van der Waals surface area contributed by atoms with E-state index in [0.717, 1.165) is 6.07 Å². The molecule has 1 amide bonds. The number of carboxylic acid groups (broad SMARTS) is 1. The van der Waals surface area contributed by atoms with Crippen LogP contribution < -0.4 is 25.9 Å². The van der Waals surface area contributed by atoms with Gasteiger partial charge in [0.2, 0.25) is 0 Å². The Morgan fingerprint density at radius 1 is 0.756 bits per heavy atom. The number of amides is 1. The lowest BCUT2D eigenvalue weighted by atomic mass is 10.1. The van der Waals surface area contributed by atoms with Gasteiger partial charge in [0.25, 0.3) is 17.0 Å². The highest BCUT2D eigenvalue weighted by molar-refractivity contribution is 6.06. The first-order valence-electron chi connectivity index (χ1n) is 14.1. The number of nitrogens with one attached hydrogen (secondary N) is 1. The van der Waals surface area contributed by atoms with Crippen molar-refractivity contribution < 1.29 is 43.1 Å². The number of aromatic carboxylic acids is 1. The molecule has 14 heteroatoms. The quantitative estimate of drug-likeness (QED) is 0.294. The summed E-state index contributed by atoms with van der Waals surface area (Å²) in [4.78, 5) is 48.2. The second kappa shape index (κ2) is 13.9. The van der Waals surface area contributed by atoms with Crippen LogP contribution >= 0.6 is 0 Å². The molecule has 2 saturated heterocycles. The Hall–Kier alpha value is -4.76. The number of hydrogen-bond acceptors (Lipinski definition) is 10. The summed E-state index contributed by atoms with van der Waals surface area (Å²) in [7, 11) is 4.59. The van der Waals surface area contributed by atoms with Crippen LogP contribution in [0.3, 0.4) is 0 Å². The van der Waals surface area contributed by atoms with Crippen molar-refractivity contribution in [3.63, 3.8) is 0 Å². The molecule has 238 valence electrons. The maximum atomic E-state index is 12.5. The first kappa shape index (κ1) is 31.7. The van der Waals surface area contributed by atoms with E-state index in [1.165, 1.54) is 24.8 Å². The van der Waals surface area contributed by atoms with Crippen molar-refractivity contribution in [2.45, 2.75) is 25.7 Å². The van der Waals surface area contributed by atoms with Crippen LogP contribution in [0.15, 0.2) is 58.1 Å². The number of fused-ring (bicyclic) bond motifs is 2. The van der Waals surface area contributed by atoms with Gasteiger partial charge in [0.15, 0.2) is 12.6 Å². The summed E-state index contributed by atoms with van der Waals surface area (Å²) < 4.78 is 35.0. The molecule has 2 aliphatic rings. The predicted octanol–water partition coefficient (Wildman–Crippen LogP) is 1.82. The SMILES string of the molecule is CNC(=O)c1cc(=O)n(CC2OCCO2)c2cc(OC)ccc12.COc1ccc2c(C(=O)O)cc(=O)n(CC3OCCO3)c2c1. The van der Waals surface area contributed by atoms with Gasteiger partial charge >= 0.3 is 5.97 Å². The van der Waals surface area contributed by atoms with Gasteiger partial charge < -0.3 is 48.0 Å². The van der Waals surface area contributed by atoms with E-state index in [0.29, 0.717) is 65.3 Å². The first-order valence-corrected chi connectivity index (χ1v) is 14.1. The minimum Gasteiger partial charge on any atom is -0.497 e. The van der Waals surface area contributed by atoms with Gasteiger partial charge in [-0.05, 0) is 24.3 Å². The Kier molecular flexibility index (Phi) is 9.78. The van der Waals surface area contributed by atoms with Crippen molar-refractivity contribution in [2.75, 3.05) is 47.7 Å². The summed E-state index contributed by atoms with van der Waals surface area (Å²) >= 11 is 0. The zero-order valence-electron chi connectivity index (χ0n) is 24.9. The van der Waals surface area contributed by atoms with Crippen LogP contribution in [0.2, 0.25) is 0 Å². The Bertz CT molecular complexity index is 1840. The third-order valence-electron chi connectivity index (χ3n) is 7.39. The van der Waals surface area contributed by atoms with Crippen LogP contribution in [-0.4, -0.2) is 86.4 Å². The molecule has 4 aromatic rings. The van der Waals surface area contributed by atoms with E-state index in [1.807, 2.05) is 0 Å². The van der Waals surface area contributed by atoms with E-state index >= 15 is 0 Å². The molecule has 2 N–H and O–H groups in total. The fraction of sp³-hybridized carbons (Fsp3) is 0.355. The van der Waals surface area contributed by atoms with Crippen molar-refractivity contribution in [2.24, 2.45) is 0 Å². The summed E-state index contributed by atoms with van der Waals surface area (Å²) in [5, 5.41) is 13.0. The van der Waals surface area contributed by atoms with Crippen molar-refractivity contribution >= 4 is 33.7 Å². The maximum absolute atomic E-state index is 12.5. The zero-order chi connectivity index (χ0) is 32.1. The normalized spacial score (nSPS) is 15.2. The number of pyridine rings is 2. The second-order valence-corrected chi connectivity index (χ2v) is 10.0. The highest BCUT2D eigenvalue weighted by Gasteiger charge is 2.22. The summed E-state index contributed by atoms with van der Waals surface area (Å²) in [5.74, 6) is -0.310. The maximum Gasteiger partial charge on any atom is 0.336 e. The number of aromatic nitrogens is 2. The lowest BCUT2D eigenvalue weighted by molar-refractivity contribution is -0.0525. The average Bonchev–Trinajstić information content (AvgIpc) is 3.77. The van der Waals surface area contributed by atoms with Gasteiger partial charge in [-0.25, -0.2) is 4.79 Å². The van der Waals surface area contributed by atoms with Crippen molar-refractivity contribution in [1.29, 1.82) is 0 Å². The number of carbonyl (C=O) groups excluding carboxylic acids is 1. The van der Waals surface area contributed by atoms with E-state index in [-0.39, 0.29) is 30.1 Å². The van der Waals surface area contributed by atoms with Gasteiger partial charge in [0.1, 0.15) is 11.5 Å². The number of ether oxygens (including phenoxy) is 6. The highest BCUT2D eigenvalue weighted by atomic mass is 16.7. The lowest BCUT2D eigenvalue weighted by Gasteiger charge is -2.16. The van der Waals surface area contributed by atoms with Crippen molar-refractivity contribution in [3.8, 4) is 11.5 Å². The Balaban J connectivity index is 0.000000178. The van der Waals surface area contributed by atoms with Gasteiger partial charge in [-0.2, -0.15) is 0 Å². The molecule has 0 aliphatic carbocycles. The van der Waals surface area contributed by atoms with Gasteiger partial charge in [0, 0.05) is 42.1 Å². The number of benzene rings is 2. The van der Waals surface area contributed by atoms with Crippen molar-refractivity contribution in [1.82, 2.24) is 14.5 Å². The molecule has 2 fully saturated rings. The second-order valence-electron chi connectivity index (χ2n) is 10.0. The minimum atomic E-state index is -1.15. The topological polar surface area (TPSA) is 166 Å². The number of methoxy groups -OCH3 is 2. The first-order chi connectivity index (χ1) is 21.7.